The minimum atomic E-state index is 0.742. The van der Waals surface area contributed by atoms with Gasteiger partial charge in [0, 0.05) is 38.8 Å². The van der Waals surface area contributed by atoms with Gasteiger partial charge in [-0.15, -0.1) is 0 Å². The van der Waals surface area contributed by atoms with Crippen LogP contribution in [-0.2, 0) is 0 Å². The lowest BCUT2D eigenvalue weighted by molar-refractivity contribution is 0.145. The van der Waals surface area contributed by atoms with E-state index in [1.165, 1.54) is 32.6 Å². The normalized spacial score (nSPS) is 17.6. The van der Waals surface area contributed by atoms with E-state index in [1.54, 1.807) is 0 Å². The number of oxazole rings is 1. The molecule has 0 N–H and O–H groups in total. The van der Waals surface area contributed by atoms with E-state index in [0.717, 1.165) is 36.4 Å². The Balaban J connectivity index is 1.41. The van der Waals surface area contributed by atoms with Gasteiger partial charge in [-0.3, -0.25) is 0 Å². The van der Waals surface area contributed by atoms with Gasteiger partial charge in [0.1, 0.15) is 11.3 Å². The number of benzene rings is 1. The van der Waals surface area contributed by atoms with Crippen LogP contribution in [0.15, 0.2) is 29.0 Å². The highest BCUT2D eigenvalue weighted by Gasteiger charge is 2.12. The van der Waals surface area contributed by atoms with Crippen molar-refractivity contribution in [2.45, 2.75) is 6.42 Å². The Hall–Kier alpha value is -1.59. The van der Waals surface area contributed by atoms with Crippen molar-refractivity contribution in [2.75, 3.05) is 46.4 Å². The van der Waals surface area contributed by atoms with Crippen LogP contribution < -0.4 is 4.74 Å². The largest absolute Gasteiger partial charge is 0.493 e. The van der Waals surface area contributed by atoms with Crippen molar-refractivity contribution in [1.82, 2.24) is 14.8 Å². The molecule has 5 heteroatoms. The van der Waals surface area contributed by atoms with Crippen LogP contribution in [0, 0.1) is 0 Å². The van der Waals surface area contributed by atoms with Crippen LogP contribution in [0.1, 0.15) is 6.42 Å². The molecule has 0 atom stereocenters. The summed E-state index contributed by atoms with van der Waals surface area (Å²) in [6, 6.07) is 5.77. The topological polar surface area (TPSA) is 41.7 Å². The third kappa shape index (κ3) is 3.29. The Morgan fingerprint density at radius 2 is 2.10 bits per heavy atom. The SMILES string of the molecule is CN1CCN(CCCOc2ccc3ncoc3c2)CC1. The van der Waals surface area contributed by atoms with Gasteiger partial charge in [-0.05, 0) is 25.6 Å². The van der Waals surface area contributed by atoms with Crippen LogP contribution in [0.5, 0.6) is 5.75 Å². The second kappa shape index (κ2) is 6.24. The van der Waals surface area contributed by atoms with Gasteiger partial charge in [-0.25, -0.2) is 4.98 Å². The molecule has 0 unspecified atom stereocenters. The molecule has 1 aromatic carbocycles. The maximum Gasteiger partial charge on any atom is 0.181 e. The monoisotopic (exact) mass is 275 g/mol. The molecule has 1 aliphatic rings. The molecule has 0 aliphatic carbocycles. The molecule has 108 valence electrons. The maximum atomic E-state index is 5.77. The molecule has 0 amide bonds. The highest BCUT2D eigenvalue weighted by atomic mass is 16.5. The molecule has 5 nitrogen and oxygen atoms in total. The quantitative estimate of drug-likeness (QED) is 0.779. The molecule has 3 rings (SSSR count). The summed E-state index contributed by atoms with van der Waals surface area (Å²) in [5.74, 6) is 0.854. The number of ether oxygens (including phenoxy) is 1. The summed E-state index contributed by atoms with van der Waals surface area (Å²) in [5, 5.41) is 0. The second-order valence-electron chi connectivity index (χ2n) is 5.33. The van der Waals surface area contributed by atoms with Crippen molar-refractivity contribution in [3.8, 4) is 5.75 Å². The number of nitrogens with zero attached hydrogens (tertiary/aromatic N) is 3. The first-order valence-electron chi connectivity index (χ1n) is 7.18. The Kier molecular flexibility index (Phi) is 4.18. The molecular weight excluding hydrogens is 254 g/mol. The molecular formula is C15H21N3O2. The first-order chi connectivity index (χ1) is 9.81. The summed E-state index contributed by atoms with van der Waals surface area (Å²) in [7, 11) is 2.18. The third-order valence-corrected chi connectivity index (χ3v) is 3.79. The van der Waals surface area contributed by atoms with Gasteiger partial charge in [0.15, 0.2) is 12.0 Å². The van der Waals surface area contributed by atoms with E-state index in [9.17, 15) is 0 Å². The lowest BCUT2D eigenvalue weighted by Crippen LogP contribution is -2.44. The number of hydrogen-bond donors (Lipinski definition) is 0. The molecule has 20 heavy (non-hydrogen) atoms. The van der Waals surface area contributed by atoms with Crippen molar-refractivity contribution in [3.05, 3.63) is 24.6 Å². The van der Waals surface area contributed by atoms with Crippen molar-refractivity contribution in [1.29, 1.82) is 0 Å². The molecule has 1 fully saturated rings. The van der Waals surface area contributed by atoms with E-state index in [-0.39, 0.29) is 0 Å². The molecule has 0 saturated carbocycles. The fraction of sp³-hybridized carbons (Fsp3) is 0.533. The van der Waals surface area contributed by atoms with E-state index in [1.807, 2.05) is 18.2 Å². The van der Waals surface area contributed by atoms with Gasteiger partial charge in [0.05, 0.1) is 6.61 Å². The standard InChI is InChI=1S/C15H21N3O2/c1-17-6-8-18(9-7-17)5-2-10-19-13-3-4-14-15(11-13)20-12-16-14/h3-4,11-12H,2,5-10H2,1H3. The number of aromatic nitrogens is 1. The minimum absolute atomic E-state index is 0.742. The number of likely N-dealkylation sites (N-methyl/N-ethyl adjacent to an activating group) is 1. The lowest BCUT2D eigenvalue weighted by atomic mass is 10.3. The third-order valence-electron chi connectivity index (χ3n) is 3.79. The molecule has 0 radical (unpaired) electrons. The second-order valence-corrected chi connectivity index (χ2v) is 5.33. The van der Waals surface area contributed by atoms with E-state index in [4.69, 9.17) is 9.15 Å². The summed E-state index contributed by atoms with van der Waals surface area (Å²) in [5.41, 5.74) is 1.65. The molecule has 2 heterocycles. The van der Waals surface area contributed by atoms with E-state index < -0.39 is 0 Å². The average Bonchev–Trinajstić information content (AvgIpc) is 2.93. The fourth-order valence-corrected chi connectivity index (χ4v) is 2.47. The molecule has 1 saturated heterocycles. The van der Waals surface area contributed by atoms with Gasteiger partial charge < -0.3 is 19.0 Å². The van der Waals surface area contributed by atoms with Crippen LogP contribution >= 0.6 is 0 Å². The maximum absolute atomic E-state index is 5.77. The molecule has 1 aliphatic heterocycles. The summed E-state index contributed by atoms with van der Waals surface area (Å²) in [6.07, 6.45) is 2.51. The number of rotatable bonds is 5. The highest BCUT2D eigenvalue weighted by molar-refractivity contribution is 5.73. The van der Waals surface area contributed by atoms with Gasteiger partial charge in [-0.2, -0.15) is 0 Å². The van der Waals surface area contributed by atoms with Crippen LogP contribution in [0.25, 0.3) is 11.1 Å². The summed E-state index contributed by atoms with van der Waals surface area (Å²) >= 11 is 0. The smallest absolute Gasteiger partial charge is 0.181 e. The minimum Gasteiger partial charge on any atom is -0.493 e. The van der Waals surface area contributed by atoms with Crippen molar-refractivity contribution >= 4 is 11.1 Å². The first kappa shape index (κ1) is 13.4. The van der Waals surface area contributed by atoms with Crippen molar-refractivity contribution in [2.24, 2.45) is 0 Å². The predicted octanol–water partition coefficient (Wildman–Crippen LogP) is 1.84. The van der Waals surface area contributed by atoms with Gasteiger partial charge in [0.25, 0.3) is 0 Å². The first-order valence-corrected chi connectivity index (χ1v) is 7.18. The highest BCUT2D eigenvalue weighted by Crippen LogP contribution is 2.19. The van der Waals surface area contributed by atoms with Crippen LogP contribution in [0.2, 0.25) is 0 Å². The van der Waals surface area contributed by atoms with Crippen LogP contribution in [0.4, 0.5) is 0 Å². The van der Waals surface area contributed by atoms with E-state index in [0.29, 0.717) is 0 Å². The fourth-order valence-electron chi connectivity index (χ4n) is 2.47. The lowest BCUT2D eigenvalue weighted by Gasteiger charge is -2.32. The van der Waals surface area contributed by atoms with Crippen LogP contribution in [-0.4, -0.2) is 61.2 Å². The van der Waals surface area contributed by atoms with E-state index in [2.05, 4.69) is 21.8 Å². The number of piperazine rings is 1. The molecule has 2 aromatic rings. The molecule has 0 spiro atoms. The van der Waals surface area contributed by atoms with Crippen molar-refractivity contribution in [3.63, 3.8) is 0 Å². The summed E-state index contributed by atoms with van der Waals surface area (Å²) < 4.78 is 11.0. The zero-order valence-corrected chi connectivity index (χ0v) is 11.9. The van der Waals surface area contributed by atoms with E-state index >= 15 is 0 Å². The Bertz CT molecular complexity index is 547. The zero-order chi connectivity index (χ0) is 13.8. The average molecular weight is 275 g/mol. The Labute approximate surface area is 119 Å². The van der Waals surface area contributed by atoms with Gasteiger partial charge in [-0.1, -0.05) is 0 Å². The van der Waals surface area contributed by atoms with Crippen molar-refractivity contribution < 1.29 is 9.15 Å². The zero-order valence-electron chi connectivity index (χ0n) is 11.9. The Morgan fingerprint density at radius 1 is 1.25 bits per heavy atom. The number of hydrogen-bond acceptors (Lipinski definition) is 5. The Morgan fingerprint density at radius 3 is 2.95 bits per heavy atom. The molecule has 1 aromatic heterocycles. The number of fused-ring (bicyclic) bond motifs is 1. The van der Waals surface area contributed by atoms with Gasteiger partial charge in [0.2, 0.25) is 0 Å². The van der Waals surface area contributed by atoms with Crippen LogP contribution in [0.3, 0.4) is 0 Å². The summed E-state index contributed by atoms with van der Waals surface area (Å²) in [6.45, 7) is 6.53. The predicted molar refractivity (Wildman–Crippen MR) is 78.1 cm³/mol. The molecule has 0 bridgehead atoms. The van der Waals surface area contributed by atoms with Gasteiger partial charge >= 0.3 is 0 Å². The summed E-state index contributed by atoms with van der Waals surface area (Å²) in [4.78, 5) is 8.97.